The first kappa shape index (κ1) is 17.8. The average molecular weight is 370 g/mol. The Kier molecular flexibility index (Phi) is 4.57. The highest BCUT2D eigenvalue weighted by Gasteiger charge is 2.20. The number of carbonyl (C=O) groups is 1. The van der Waals surface area contributed by atoms with Gasteiger partial charge >= 0.3 is 0 Å². The van der Waals surface area contributed by atoms with Crippen molar-refractivity contribution in [2.75, 3.05) is 5.32 Å². The molecular formula is C23H22N4O. The van der Waals surface area contributed by atoms with Crippen LogP contribution in [-0.2, 0) is 0 Å². The third kappa shape index (κ3) is 3.34. The lowest BCUT2D eigenvalue weighted by Crippen LogP contribution is -2.16. The van der Waals surface area contributed by atoms with Crippen LogP contribution in [0.2, 0.25) is 0 Å². The van der Waals surface area contributed by atoms with E-state index < -0.39 is 0 Å². The molecule has 28 heavy (non-hydrogen) atoms. The minimum Gasteiger partial charge on any atom is -0.322 e. The molecule has 0 saturated heterocycles. The Labute approximate surface area is 164 Å². The van der Waals surface area contributed by atoms with Gasteiger partial charge in [-0.1, -0.05) is 24.3 Å². The number of anilines is 1. The van der Waals surface area contributed by atoms with Crippen molar-refractivity contribution in [3.8, 4) is 11.5 Å². The lowest BCUT2D eigenvalue weighted by Gasteiger charge is -2.13. The number of benzene rings is 2. The molecule has 0 spiro atoms. The molecule has 0 bridgehead atoms. The molecule has 0 aliphatic rings. The highest BCUT2D eigenvalue weighted by atomic mass is 16.1. The van der Waals surface area contributed by atoms with E-state index in [4.69, 9.17) is 0 Å². The molecule has 4 aromatic rings. The normalized spacial score (nSPS) is 10.8. The van der Waals surface area contributed by atoms with Crippen molar-refractivity contribution >= 4 is 11.6 Å². The third-order valence-electron chi connectivity index (χ3n) is 4.72. The SMILES string of the molecule is Cc1cccc(-n2ncc(C(=O)Nc3cc(C)ccc3C)c2-n2cccc2)c1. The lowest BCUT2D eigenvalue weighted by atomic mass is 10.1. The van der Waals surface area contributed by atoms with Gasteiger partial charge in [-0.3, -0.25) is 4.79 Å². The zero-order valence-corrected chi connectivity index (χ0v) is 16.2. The molecule has 0 radical (unpaired) electrons. The Morgan fingerprint density at radius 2 is 1.68 bits per heavy atom. The van der Waals surface area contributed by atoms with E-state index in [1.807, 2.05) is 92.3 Å². The Hall–Kier alpha value is -3.60. The minimum absolute atomic E-state index is 0.184. The van der Waals surface area contributed by atoms with Crippen LogP contribution in [0, 0.1) is 20.8 Å². The quantitative estimate of drug-likeness (QED) is 0.559. The minimum atomic E-state index is -0.184. The molecule has 0 unspecified atom stereocenters. The summed E-state index contributed by atoms with van der Waals surface area (Å²) >= 11 is 0. The van der Waals surface area contributed by atoms with Gasteiger partial charge in [0.1, 0.15) is 5.56 Å². The monoisotopic (exact) mass is 370 g/mol. The van der Waals surface area contributed by atoms with Crippen molar-refractivity contribution in [2.45, 2.75) is 20.8 Å². The summed E-state index contributed by atoms with van der Waals surface area (Å²) in [6, 6.07) is 17.9. The van der Waals surface area contributed by atoms with Crippen LogP contribution in [0.1, 0.15) is 27.0 Å². The lowest BCUT2D eigenvalue weighted by molar-refractivity contribution is 0.102. The van der Waals surface area contributed by atoms with E-state index >= 15 is 0 Å². The number of aryl methyl sites for hydroxylation is 3. The van der Waals surface area contributed by atoms with E-state index in [0.29, 0.717) is 11.4 Å². The Morgan fingerprint density at radius 3 is 2.43 bits per heavy atom. The van der Waals surface area contributed by atoms with Crippen LogP contribution in [0.3, 0.4) is 0 Å². The first-order valence-electron chi connectivity index (χ1n) is 9.20. The molecule has 1 amide bonds. The number of hydrogen-bond acceptors (Lipinski definition) is 2. The molecule has 2 aromatic heterocycles. The fraction of sp³-hybridized carbons (Fsp3) is 0.130. The number of hydrogen-bond donors (Lipinski definition) is 1. The van der Waals surface area contributed by atoms with Crippen LogP contribution in [0.5, 0.6) is 0 Å². The Morgan fingerprint density at radius 1 is 0.929 bits per heavy atom. The van der Waals surface area contributed by atoms with E-state index in [2.05, 4.69) is 10.4 Å². The molecule has 1 N–H and O–H groups in total. The molecule has 2 heterocycles. The average Bonchev–Trinajstić information content (AvgIpc) is 3.33. The summed E-state index contributed by atoms with van der Waals surface area (Å²) in [5.74, 6) is 0.523. The molecule has 0 atom stereocenters. The zero-order valence-electron chi connectivity index (χ0n) is 16.2. The van der Waals surface area contributed by atoms with Gasteiger partial charge in [-0.2, -0.15) is 5.10 Å². The molecule has 2 aromatic carbocycles. The fourth-order valence-corrected chi connectivity index (χ4v) is 3.24. The van der Waals surface area contributed by atoms with E-state index in [1.54, 1.807) is 10.9 Å². The molecule has 0 fully saturated rings. The van der Waals surface area contributed by atoms with Crippen molar-refractivity contribution in [3.05, 3.63) is 95.4 Å². The molecule has 5 nitrogen and oxygen atoms in total. The summed E-state index contributed by atoms with van der Waals surface area (Å²) in [5.41, 5.74) is 5.49. The van der Waals surface area contributed by atoms with Crippen molar-refractivity contribution < 1.29 is 4.79 Å². The smallest absolute Gasteiger partial charge is 0.261 e. The van der Waals surface area contributed by atoms with Crippen LogP contribution < -0.4 is 5.32 Å². The van der Waals surface area contributed by atoms with Gasteiger partial charge < -0.3 is 9.88 Å². The largest absolute Gasteiger partial charge is 0.322 e. The molecule has 5 heteroatoms. The number of nitrogens with one attached hydrogen (secondary N) is 1. The van der Waals surface area contributed by atoms with Crippen LogP contribution in [0.15, 0.2) is 73.2 Å². The summed E-state index contributed by atoms with van der Waals surface area (Å²) in [5, 5.41) is 7.56. The topological polar surface area (TPSA) is 51.9 Å². The van der Waals surface area contributed by atoms with Gasteiger partial charge in [0.15, 0.2) is 5.82 Å². The number of aromatic nitrogens is 3. The van der Waals surface area contributed by atoms with Gasteiger partial charge in [0, 0.05) is 18.1 Å². The first-order chi connectivity index (χ1) is 13.5. The summed E-state index contributed by atoms with van der Waals surface area (Å²) in [7, 11) is 0. The number of rotatable bonds is 4. The number of amides is 1. The summed E-state index contributed by atoms with van der Waals surface area (Å²) < 4.78 is 3.71. The van der Waals surface area contributed by atoms with Crippen LogP contribution in [-0.4, -0.2) is 20.3 Å². The van der Waals surface area contributed by atoms with Gasteiger partial charge in [0.05, 0.1) is 11.9 Å². The second-order valence-corrected chi connectivity index (χ2v) is 7.00. The summed E-state index contributed by atoms with van der Waals surface area (Å²) in [4.78, 5) is 13.1. The predicted octanol–water partition coefficient (Wildman–Crippen LogP) is 4.84. The second-order valence-electron chi connectivity index (χ2n) is 7.00. The molecule has 4 rings (SSSR count). The molecule has 0 aliphatic heterocycles. The maximum Gasteiger partial charge on any atom is 0.261 e. The number of carbonyl (C=O) groups excluding carboxylic acids is 1. The van der Waals surface area contributed by atoms with E-state index in [9.17, 15) is 4.79 Å². The van der Waals surface area contributed by atoms with Crippen molar-refractivity contribution in [1.82, 2.24) is 14.3 Å². The molecular weight excluding hydrogens is 348 g/mol. The van der Waals surface area contributed by atoms with E-state index in [0.717, 1.165) is 28.1 Å². The maximum absolute atomic E-state index is 13.1. The van der Waals surface area contributed by atoms with Crippen molar-refractivity contribution in [2.24, 2.45) is 0 Å². The van der Waals surface area contributed by atoms with Gasteiger partial charge in [-0.15, -0.1) is 0 Å². The van der Waals surface area contributed by atoms with Gasteiger partial charge in [0.25, 0.3) is 5.91 Å². The number of nitrogens with zero attached hydrogens (tertiary/aromatic N) is 3. The van der Waals surface area contributed by atoms with Crippen LogP contribution in [0.25, 0.3) is 11.5 Å². The fourth-order valence-electron chi connectivity index (χ4n) is 3.24. The van der Waals surface area contributed by atoms with Gasteiger partial charge in [0.2, 0.25) is 0 Å². The van der Waals surface area contributed by atoms with Crippen molar-refractivity contribution in [3.63, 3.8) is 0 Å². The highest BCUT2D eigenvalue weighted by Crippen LogP contribution is 2.23. The highest BCUT2D eigenvalue weighted by molar-refractivity contribution is 6.06. The van der Waals surface area contributed by atoms with Crippen molar-refractivity contribution in [1.29, 1.82) is 0 Å². The van der Waals surface area contributed by atoms with E-state index in [-0.39, 0.29) is 5.91 Å². The summed E-state index contributed by atoms with van der Waals surface area (Å²) in [6.07, 6.45) is 5.45. The standard InChI is InChI=1S/C23H22N4O/c1-16-7-6-8-19(13-16)27-23(26-11-4-5-12-26)20(15-24-27)22(28)25-21-14-17(2)9-10-18(21)3/h4-15H,1-3H3,(H,25,28). The Balaban J connectivity index is 1.79. The van der Waals surface area contributed by atoms with Gasteiger partial charge in [-0.05, 0) is 67.8 Å². The summed E-state index contributed by atoms with van der Waals surface area (Å²) in [6.45, 7) is 6.03. The maximum atomic E-state index is 13.1. The second kappa shape index (κ2) is 7.19. The molecule has 140 valence electrons. The van der Waals surface area contributed by atoms with Gasteiger partial charge in [-0.25, -0.2) is 4.68 Å². The van der Waals surface area contributed by atoms with Crippen LogP contribution >= 0.6 is 0 Å². The molecule has 0 aliphatic carbocycles. The predicted molar refractivity (Wildman–Crippen MR) is 111 cm³/mol. The Bertz CT molecular complexity index is 1140. The molecule has 0 saturated carbocycles. The zero-order chi connectivity index (χ0) is 19.7. The van der Waals surface area contributed by atoms with E-state index in [1.165, 1.54) is 0 Å². The third-order valence-corrected chi connectivity index (χ3v) is 4.72. The van der Waals surface area contributed by atoms with Crippen LogP contribution in [0.4, 0.5) is 5.69 Å². The first-order valence-corrected chi connectivity index (χ1v) is 9.20.